The second-order valence-corrected chi connectivity index (χ2v) is 6.24. The molecule has 1 atom stereocenters. The van der Waals surface area contributed by atoms with Crippen LogP contribution in [0.3, 0.4) is 0 Å². The number of carbonyl (C=O) groups is 1. The summed E-state index contributed by atoms with van der Waals surface area (Å²) in [7, 11) is 0. The summed E-state index contributed by atoms with van der Waals surface area (Å²) in [4.78, 5) is 16.5. The van der Waals surface area contributed by atoms with E-state index in [-0.39, 0.29) is 11.2 Å². The van der Waals surface area contributed by atoms with Gasteiger partial charge in [-0.3, -0.25) is 4.79 Å². The van der Waals surface area contributed by atoms with Crippen molar-refractivity contribution in [3.8, 4) is 0 Å². The topological polar surface area (TPSA) is 41.5 Å². The van der Waals surface area contributed by atoms with Crippen LogP contribution in [0.4, 0.5) is 5.69 Å². The third-order valence-corrected chi connectivity index (χ3v) is 4.58. The summed E-state index contributed by atoms with van der Waals surface area (Å²) >= 11 is 7.59. The number of para-hydroxylation sites is 1. The molecule has 1 aliphatic heterocycles. The Hall–Kier alpha value is -1.78. The highest BCUT2D eigenvalue weighted by Crippen LogP contribution is 2.27. The lowest BCUT2D eigenvalue weighted by Gasteiger charge is -2.06. The van der Waals surface area contributed by atoms with Crippen LogP contribution in [0.15, 0.2) is 59.6 Å². The molecule has 0 radical (unpaired) electrons. The van der Waals surface area contributed by atoms with E-state index >= 15 is 0 Å². The van der Waals surface area contributed by atoms with E-state index in [4.69, 9.17) is 11.6 Å². The van der Waals surface area contributed by atoms with Crippen LogP contribution in [-0.2, 0) is 11.2 Å². The Labute approximate surface area is 132 Å². The lowest BCUT2D eigenvalue weighted by atomic mass is 10.1. The van der Waals surface area contributed by atoms with Crippen LogP contribution < -0.4 is 5.32 Å². The average Bonchev–Trinajstić information content (AvgIpc) is 2.82. The van der Waals surface area contributed by atoms with Crippen LogP contribution in [0, 0.1) is 0 Å². The van der Waals surface area contributed by atoms with Crippen LogP contribution in [0.1, 0.15) is 5.56 Å². The molecule has 1 saturated heterocycles. The molecule has 1 heterocycles. The number of nitrogens with zero attached hydrogens (tertiary/aromatic N) is 1. The second-order valence-electron chi connectivity index (χ2n) is 4.64. The molecule has 1 aliphatic rings. The van der Waals surface area contributed by atoms with Gasteiger partial charge in [0, 0.05) is 5.02 Å². The van der Waals surface area contributed by atoms with Gasteiger partial charge in [-0.15, -0.1) is 0 Å². The summed E-state index contributed by atoms with van der Waals surface area (Å²) < 4.78 is 0. The van der Waals surface area contributed by atoms with E-state index < -0.39 is 0 Å². The number of carbonyl (C=O) groups excluding carboxylic acids is 1. The molecule has 3 nitrogen and oxygen atoms in total. The first-order valence-electron chi connectivity index (χ1n) is 6.57. The number of amidine groups is 1. The summed E-state index contributed by atoms with van der Waals surface area (Å²) in [6, 6.07) is 17.2. The van der Waals surface area contributed by atoms with Crippen molar-refractivity contribution >= 4 is 40.1 Å². The normalized spacial score (nSPS) is 19.8. The van der Waals surface area contributed by atoms with Crippen LogP contribution in [0.2, 0.25) is 5.02 Å². The Morgan fingerprint density at radius 1 is 1.10 bits per heavy atom. The fourth-order valence-corrected chi connectivity index (χ4v) is 3.30. The Balaban J connectivity index is 1.74. The third kappa shape index (κ3) is 3.46. The van der Waals surface area contributed by atoms with Crippen molar-refractivity contribution in [2.24, 2.45) is 4.99 Å². The van der Waals surface area contributed by atoms with E-state index in [1.165, 1.54) is 11.8 Å². The van der Waals surface area contributed by atoms with Crippen molar-refractivity contribution in [2.75, 3.05) is 0 Å². The number of halogens is 1. The van der Waals surface area contributed by atoms with Gasteiger partial charge in [-0.2, -0.15) is 0 Å². The standard InChI is InChI=1S/C16H13ClN2OS/c17-13-9-5-4-6-11(13)10-14-15(20)19-16(21-14)18-12-7-2-1-3-8-12/h1-9,14H,10H2,(H,18,19,20)/t14-/m0/s1. The van der Waals surface area contributed by atoms with E-state index in [1.807, 2.05) is 54.6 Å². The molecule has 0 aromatic heterocycles. The maximum atomic E-state index is 12.0. The molecule has 0 bridgehead atoms. The first-order valence-corrected chi connectivity index (χ1v) is 7.83. The van der Waals surface area contributed by atoms with Crippen molar-refractivity contribution in [3.05, 3.63) is 65.2 Å². The quantitative estimate of drug-likeness (QED) is 0.935. The minimum Gasteiger partial charge on any atom is -0.304 e. The van der Waals surface area contributed by atoms with Crippen LogP contribution in [0.5, 0.6) is 0 Å². The monoisotopic (exact) mass is 316 g/mol. The number of amides is 1. The van der Waals surface area contributed by atoms with Crippen molar-refractivity contribution in [1.82, 2.24) is 5.32 Å². The van der Waals surface area contributed by atoms with Gasteiger partial charge in [0.1, 0.15) is 0 Å². The summed E-state index contributed by atoms with van der Waals surface area (Å²) in [6.45, 7) is 0. The third-order valence-electron chi connectivity index (χ3n) is 3.13. The number of benzene rings is 2. The summed E-state index contributed by atoms with van der Waals surface area (Å²) in [5.41, 5.74) is 1.81. The number of rotatable bonds is 3. The molecule has 5 heteroatoms. The van der Waals surface area contributed by atoms with E-state index in [9.17, 15) is 4.79 Å². The molecule has 2 aromatic rings. The van der Waals surface area contributed by atoms with Gasteiger partial charge in [-0.25, -0.2) is 4.99 Å². The minimum atomic E-state index is -0.188. The van der Waals surface area contributed by atoms with Gasteiger partial charge in [0.15, 0.2) is 5.17 Å². The van der Waals surface area contributed by atoms with Crippen molar-refractivity contribution < 1.29 is 4.79 Å². The molecule has 1 N–H and O–H groups in total. The van der Waals surface area contributed by atoms with Crippen molar-refractivity contribution in [3.63, 3.8) is 0 Å². The molecule has 106 valence electrons. The Kier molecular flexibility index (Phi) is 4.27. The molecule has 1 fully saturated rings. The van der Waals surface area contributed by atoms with Gasteiger partial charge in [-0.05, 0) is 30.2 Å². The van der Waals surface area contributed by atoms with Gasteiger partial charge in [0.05, 0.1) is 10.9 Å². The number of thioether (sulfide) groups is 1. The number of hydrogen-bond acceptors (Lipinski definition) is 3. The van der Waals surface area contributed by atoms with Crippen molar-refractivity contribution in [1.29, 1.82) is 0 Å². The maximum Gasteiger partial charge on any atom is 0.239 e. The second kappa shape index (κ2) is 6.33. The number of hydrogen-bond donors (Lipinski definition) is 1. The van der Waals surface area contributed by atoms with E-state index in [2.05, 4.69) is 10.3 Å². The lowest BCUT2D eigenvalue weighted by Crippen LogP contribution is -2.26. The summed E-state index contributed by atoms with van der Waals surface area (Å²) in [5, 5.41) is 3.97. The van der Waals surface area contributed by atoms with E-state index in [0.29, 0.717) is 16.6 Å². The predicted molar refractivity (Wildman–Crippen MR) is 88.2 cm³/mol. The highest BCUT2D eigenvalue weighted by atomic mass is 35.5. The molecule has 0 unspecified atom stereocenters. The fraction of sp³-hybridized carbons (Fsp3) is 0.125. The first kappa shape index (κ1) is 14.2. The Morgan fingerprint density at radius 3 is 2.57 bits per heavy atom. The highest BCUT2D eigenvalue weighted by Gasteiger charge is 2.30. The molecule has 0 saturated carbocycles. The Morgan fingerprint density at radius 2 is 1.81 bits per heavy atom. The SMILES string of the molecule is O=C1NC(=Nc2ccccc2)S[C@H]1Cc1ccccc1Cl. The Bertz CT molecular complexity index is 688. The maximum absolute atomic E-state index is 12.0. The highest BCUT2D eigenvalue weighted by molar-refractivity contribution is 8.15. The smallest absolute Gasteiger partial charge is 0.239 e. The number of nitrogens with one attached hydrogen (secondary N) is 1. The summed E-state index contributed by atoms with van der Waals surface area (Å²) in [5.74, 6) is -0.0189. The van der Waals surface area contributed by atoms with Crippen LogP contribution in [0.25, 0.3) is 0 Å². The molecule has 21 heavy (non-hydrogen) atoms. The molecule has 1 amide bonds. The fourth-order valence-electron chi connectivity index (χ4n) is 2.08. The zero-order valence-electron chi connectivity index (χ0n) is 11.1. The van der Waals surface area contributed by atoms with Gasteiger partial charge in [0.2, 0.25) is 5.91 Å². The average molecular weight is 317 g/mol. The zero-order chi connectivity index (χ0) is 14.7. The van der Waals surface area contributed by atoms with E-state index in [1.54, 1.807) is 0 Å². The molecule has 2 aromatic carbocycles. The minimum absolute atomic E-state index is 0.0189. The van der Waals surface area contributed by atoms with Gasteiger partial charge in [0.25, 0.3) is 0 Å². The first-order chi connectivity index (χ1) is 10.2. The van der Waals surface area contributed by atoms with Crippen LogP contribution >= 0.6 is 23.4 Å². The predicted octanol–water partition coefficient (Wildman–Crippen LogP) is 3.80. The van der Waals surface area contributed by atoms with E-state index in [0.717, 1.165) is 11.3 Å². The zero-order valence-corrected chi connectivity index (χ0v) is 12.7. The van der Waals surface area contributed by atoms with Gasteiger partial charge < -0.3 is 5.32 Å². The molecule has 0 aliphatic carbocycles. The summed E-state index contributed by atoms with van der Waals surface area (Å²) in [6.07, 6.45) is 0.601. The van der Waals surface area contributed by atoms with Gasteiger partial charge in [-0.1, -0.05) is 59.8 Å². The molecular weight excluding hydrogens is 304 g/mol. The molecule has 3 rings (SSSR count). The molecular formula is C16H13ClN2OS. The lowest BCUT2D eigenvalue weighted by molar-refractivity contribution is -0.118. The van der Waals surface area contributed by atoms with Crippen LogP contribution in [-0.4, -0.2) is 16.3 Å². The molecule has 0 spiro atoms. The number of aliphatic imine (C=N–C) groups is 1. The van der Waals surface area contributed by atoms with Gasteiger partial charge >= 0.3 is 0 Å². The largest absolute Gasteiger partial charge is 0.304 e. The van der Waals surface area contributed by atoms with Crippen molar-refractivity contribution in [2.45, 2.75) is 11.7 Å².